The van der Waals surface area contributed by atoms with Crippen LogP contribution in [0.25, 0.3) is 0 Å². The summed E-state index contributed by atoms with van der Waals surface area (Å²) in [5.41, 5.74) is 6.38. The van der Waals surface area contributed by atoms with E-state index in [9.17, 15) is 13.6 Å². The van der Waals surface area contributed by atoms with Gasteiger partial charge in [-0.25, -0.2) is 4.39 Å². The monoisotopic (exact) mass is 392 g/mol. The smallest absolute Gasteiger partial charge is 0.271 e. The topological polar surface area (TPSA) is 113 Å². The molecule has 1 heterocycles. The number of nitrogens with one attached hydrogen (secondary N) is 2. The van der Waals surface area contributed by atoms with E-state index in [4.69, 9.17) is 15.7 Å². The van der Waals surface area contributed by atoms with Crippen molar-refractivity contribution in [2.24, 2.45) is 10.9 Å². The number of anilines is 2. The molecule has 0 aliphatic carbocycles. The van der Waals surface area contributed by atoms with Crippen LogP contribution in [0.5, 0.6) is 11.5 Å². The van der Waals surface area contributed by atoms with Gasteiger partial charge in [0.25, 0.3) is 5.56 Å². The van der Waals surface area contributed by atoms with E-state index in [1.807, 2.05) is 0 Å². The van der Waals surface area contributed by atoms with E-state index in [0.717, 1.165) is 17.6 Å². The van der Waals surface area contributed by atoms with E-state index in [2.05, 4.69) is 14.8 Å². The maximum Gasteiger partial charge on any atom is 0.271 e. The first-order chi connectivity index (χ1) is 12.9. The summed E-state index contributed by atoms with van der Waals surface area (Å²) in [6.45, 7) is 1.76. The van der Waals surface area contributed by atoms with Gasteiger partial charge >= 0.3 is 0 Å². The summed E-state index contributed by atoms with van der Waals surface area (Å²) in [5.74, 6) is -2.31. The summed E-state index contributed by atoms with van der Waals surface area (Å²) in [5, 5.41) is 15.0. The number of ether oxygens (including phenoxy) is 1. The van der Waals surface area contributed by atoms with Crippen molar-refractivity contribution in [3.63, 3.8) is 0 Å². The summed E-state index contributed by atoms with van der Waals surface area (Å²) in [7, 11) is 0. The number of H-pyrrole nitrogens is 1. The van der Waals surface area contributed by atoms with Crippen molar-refractivity contribution >= 4 is 28.1 Å². The lowest BCUT2D eigenvalue weighted by Gasteiger charge is -2.12. The van der Waals surface area contributed by atoms with Gasteiger partial charge in [-0.05, 0) is 54.4 Å². The summed E-state index contributed by atoms with van der Waals surface area (Å²) in [6.07, 6.45) is 0. The first kappa shape index (κ1) is 18.4. The molecule has 2 aromatic carbocycles. The maximum atomic E-state index is 13.7. The molecule has 0 fully saturated rings. The van der Waals surface area contributed by atoms with Crippen LogP contribution >= 0.6 is 11.5 Å². The highest BCUT2D eigenvalue weighted by molar-refractivity contribution is 7.10. The second-order valence-electron chi connectivity index (χ2n) is 5.48. The molecule has 0 saturated heterocycles. The third-order valence-electron chi connectivity index (χ3n) is 3.65. The quantitative estimate of drug-likeness (QED) is 0.229. The Morgan fingerprint density at radius 1 is 1.33 bits per heavy atom. The van der Waals surface area contributed by atoms with Gasteiger partial charge in [-0.3, -0.25) is 9.17 Å². The Labute approximate surface area is 155 Å². The number of aryl methyl sites for hydroxylation is 1. The molecular formula is C17H14F2N4O3S. The number of nitrogens with two attached hydrogens (primary N) is 1. The van der Waals surface area contributed by atoms with Crippen molar-refractivity contribution < 1.29 is 18.7 Å². The van der Waals surface area contributed by atoms with E-state index >= 15 is 0 Å². The molecule has 0 unspecified atom stereocenters. The van der Waals surface area contributed by atoms with Crippen LogP contribution in [0.15, 0.2) is 46.3 Å². The lowest BCUT2D eigenvalue weighted by molar-refractivity contribution is 0.318. The highest BCUT2D eigenvalue weighted by atomic mass is 32.1. The van der Waals surface area contributed by atoms with Gasteiger partial charge in [0.2, 0.25) is 5.82 Å². The van der Waals surface area contributed by atoms with E-state index in [0.29, 0.717) is 22.0 Å². The number of benzene rings is 2. The number of amidine groups is 1. The third-order valence-corrected chi connectivity index (χ3v) is 4.45. The fourth-order valence-corrected chi connectivity index (χ4v) is 3.08. The summed E-state index contributed by atoms with van der Waals surface area (Å²) >= 11 is 0.991. The van der Waals surface area contributed by atoms with Gasteiger partial charge in [-0.2, -0.15) is 4.39 Å². The zero-order valence-electron chi connectivity index (χ0n) is 13.9. The maximum absolute atomic E-state index is 13.7. The lowest BCUT2D eigenvalue weighted by Crippen LogP contribution is -2.22. The molecule has 0 bridgehead atoms. The SMILES string of the molecule is Cc1cc(Oc2cccc(F)c2F)ccc1Nc1s[nH]c(=O)c1C(N)=NO. The molecule has 27 heavy (non-hydrogen) atoms. The van der Waals surface area contributed by atoms with Crippen molar-refractivity contribution in [3.05, 3.63) is 69.5 Å². The standard InChI is InChI=1S/C17H14F2N4O3S/c1-8-7-9(26-12-4-2-3-10(18)14(12)19)5-6-11(8)21-17-13(15(20)22-25)16(24)23-27-17/h2-7,21,25H,1H3,(H2,20,22)(H,23,24). The number of aromatic amines is 1. The first-order valence-corrected chi connectivity index (χ1v) is 8.41. The number of hydrogen-bond donors (Lipinski definition) is 4. The Kier molecular flexibility index (Phi) is 5.08. The van der Waals surface area contributed by atoms with Crippen LogP contribution in [0.4, 0.5) is 19.5 Å². The van der Waals surface area contributed by atoms with Crippen LogP contribution in [0.2, 0.25) is 0 Å². The largest absolute Gasteiger partial charge is 0.454 e. The molecule has 1 aromatic heterocycles. The molecule has 0 saturated carbocycles. The summed E-state index contributed by atoms with van der Waals surface area (Å²) < 4.78 is 34.9. The normalized spacial score (nSPS) is 11.4. The molecule has 3 aromatic rings. The molecule has 140 valence electrons. The number of aromatic nitrogens is 1. The Bertz CT molecular complexity index is 1080. The number of nitrogens with zero attached hydrogens (tertiary/aromatic N) is 1. The van der Waals surface area contributed by atoms with Crippen molar-refractivity contribution in [1.29, 1.82) is 0 Å². The molecule has 7 nitrogen and oxygen atoms in total. The van der Waals surface area contributed by atoms with E-state index < -0.39 is 17.2 Å². The van der Waals surface area contributed by atoms with Crippen molar-refractivity contribution in [1.82, 2.24) is 4.37 Å². The molecule has 0 aliphatic heterocycles. The summed E-state index contributed by atoms with van der Waals surface area (Å²) in [6, 6.07) is 8.48. The third kappa shape index (κ3) is 3.75. The van der Waals surface area contributed by atoms with E-state index in [1.165, 1.54) is 12.1 Å². The predicted octanol–water partition coefficient (Wildman–Crippen LogP) is 3.65. The Morgan fingerprint density at radius 2 is 2.11 bits per heavy atom. The molecule has 10 heteroatoms. The predicted molar refractivity (Wildman–Crippen MR) is 98.3 cm³/mol. The molecule has 0 amide bonds. The van der Waals surface area contributed by atoms with Crippen LogP contribution in [0, 0.1) is 18.6 Å². The van der Waals surface area contributed by atoms with Crippen LogP contribution in [0.1, 0.15) is 11.1 Å². The minimum Gasteiger partial charge on any atom is -0.454 e. The second-order valence-corrected chi connectivity index (χ2v) is 6.29. The van der Waals surface area contributed by atoms with Crippen LogP contribution in [0.3, 0.4) is 0 Å². The van der Waals surface area contributed by atoms with Crippen molar-refractivity contribution in [2.45, 2.75) is 6.92 Å². The van der Waals surface area contributed by atoms with Gasteiger partial charge in [0.15, 0.2) is 17.4 Å². The van der Waals surface area contributed by atoms with Crippen LogP contribution < -0.4 is 21.3 Å². The van der Waals surface area contributed by atoms with Gasteiger partial charge in [0.1, 0.15) is 16.3 Å². The molecule has 3 rings (SSSR count). The average molecular weight is 392 g/mol. The lowest BCUT2D eigenvalue weighted by atomic mass is 10.2. The van der Waals surface area contributed by atoms with Crippen molar-refractivity contribution in [2.75, 3.05) is 5.32 Å². The fraction of sp³-hybridized carbons (Fsp3) is 0.0588. The highest BCUT2D eigenvalue weighted by Crippen LogP contribution is 2.31. The molecule has 0 atom stereocenters. The highest BCUT2D eigenvalue weighted by Gasteiger charge is 2.16. The van der Waals surface area contributed by atoms with Gasteiger partial charge < -0.3 is 21.0 Å². The number of oxime groups is 1. The Morgan fingerprint density at radius 3 is 2.81 bits per heavy atom. The molecule has 0 radical (unpaired) electrons. The second kappa shape index (κ2) is 7.46. The van der Waals surface area contributed by atoms with Crippen LogP contribution in [-0.4, -0.2) is 15.4 Å². The van der Waals surface area contributed by atoms with Gasteiger partial charge in [-0.15, -0.1) is 0 Å². The van der Waals surface area contributed by atoms with Crippen LogP contribution in [-0.2, 0) is 0 Å². The molecule has 0 aliphatic rings. The number of hydrogen-bond acceptors (Lipinski definition) is 6. The number of halogens is 2. The average Bonchev–Trinajstić information content (AvgIpc) is 3.01. The van der Waals surface area contributed by atoms with E-state index in [1.54, 1.807) is 25.1 Å². The van der Waals surface area contributed by atoms with Gasteiger partial charge in [0, 0.05) is 5.69 Å². The Balaban J connectivity index is 1.86. The molecule has 5 N–H and O–H groups in total. The van der Waals surface area contributed by atoms with Crippen molar-refractivity contribution in [3.8, 4) is 11.5 Å². The minimum absolute atomic E-state index is 0.0176. The van der Waals surface area contributed by atoms with Gasteiger partial charge in [-0.1, -0.05) is 11.2 Å². The fourth-order valence-electron chi connectivity index (χ4n) is 2.33. The Hall–Kier alpha value is -3.40. The zero-order chi connectivity index (χ0) is 19.6. The molecule has 0 spiro atoms. The first-order valence-electron chi connectivity index (χ1n) is 7.59. The number of rotatable bonds is 5. The van der Waals surface area contributed by atoms with Gasteiger partial charge in [0.05, 0.1) is 0 Å². The van der Waals surface area contributed by atoms with E-state index in [-0.39, 0.29) is 17.1 Å². The minimum atomic E-state index is -1.07. The zero-order valence-corrected chi connectivity index (χ0v) is 14.7. The molecular weight excluding hydrogens is 378 g/mol. The summed E-state index contributed by atoms with van der Waals surface area (Å²) in [4.78, 5) is 11.8.